The van der Waals surface area contributed by atoms with Crippen LogP contribution < -0.4 is 15.8 Å². The zero-order valence-corrected chi connectivity index (χ0v) is 17.3. The number of hydrogen-bond donors (Lipinski definition) is 2. The fourth-order valence-electron chi connectivity index (χ4n) is 3.44. The van der Waals surface area contributed by atoms with Gasteiger partial charge in [-0.1, -0.05) is 48.5 Å². The fourth-order valence-corrected chi connectivity index (χ4v) is 4.28. The molecule has 0 bridgehead atoms. The average Bonchev–Trinajstić information content (AvgIpc) is 3.21. The molecule has 0 aliphatic carbocycles. The standard InChI is InChI=1S/C24H25N3OS/c1-28-20-11-9-18(10-12-20)19-6-4-5-17(15-19)16-26-14-13-22(25)24-21-7-2-3-8-23(21)29-27-24/h2-12,15,22,26H,13-14,16,25H2,1H3. The Morgan fingerprint density at radius 2 is 1.83 bits per heavy atom. The largest absolute Gasteiger partial charge is 0.497 e. The number of fused-ring (bicyclic) bond motifs is 1. The van der Waals surface area contributed by atoms with Gasteiger partial charge in [-0.25, -0.2) is 0 Å². The van der Waals surface area contributed by atoms with Gasteiger partial charge in [0.15, 0.2) is 0 Å². The predicted molar refractivity (Wildman–Crippen MR) is 121 cm³/mol. The lowest BCUT2D eigenvalue weighted by atomic mass is 10.0. The van der Waals surface area contributed by atoms with Gasteiger partial charge in [0.1, 0.15) is 5.75 Å². The lowest BCUT2D eigenvalue weighted by Gasteiger charge is -2.11. The van der Waals surface area contributed by atoms with E-state index in [0.29, 0.717) is 0 Å². The summed E-state index contributed by atoms with van der Waals surface area (Å²) in [7, 11) is 1.68. The molecular weight excluding hydrogens is 378 g/mol. The topological polar surface area (TPSA) is 60.2 Å². The molecule has 3 aromatic carbocycles. The van der Waals surface area contributed by atoms with Crippen LogP contribution in [0.2, 0.25) is 0 Å². The Morgan fingerprint density at radius 3 is 2.66 bits per heavy atom. The molecule has 4 rings (SSSR count). The summed E-state index contributed by atoms with van der Waals surface area (Å²) in [6, 6.07) is 25.0. The molecule has 29 heavy (non-hydrogen) atoms. The number of benzene rings is 3. The van der Waals surface area contributed by atoms with Crippen LogP contribution in [0.15, 0.2) is 72.8 Å². The Morgan fingerprint density at radius 1 is 1.00 bits per heavy atom. The fraction of sp³-hybridized carbons (Fsp3) is 0.208. The minimum absolute atomic E-state index is 0.0516. The van der Waals surface area contributed by atoms with E-state index in [0.717, 1.165) is 31.0 Å². The van der Waals surface area contributed by atoms with Crippen molar-refractivity contribution in [2.75, 3.05) is 13.7 Å². The first-order valence-electron chi connectivity index (χ1n) is 9.78. The van der Waals surface area contributed by atoms with E-state index in [1.165, 1.54) is 38.3 Å². The van der Waals surface area contributed by atoms with E-state index in [2.05, 4.69) is 58.2 Å². The number of aromatic nitrogens is 1. The van der Waals surface area contributed by atoms with Crippen molar-refractivity contribution < 1.29 is 4.74 Å². The Labute approximate surface area is 175 Å². The van der Waals surface area contributed by atoms with Gasteiger partial charge in [-0.2, -0.15) is 4.37 Å². The summed E-state index contributed by atoms with van der Waals surface area (Å²) in [5, 5.41) is 4.69. The molecule has 1 unspecified atom stereocenters. The molecule has 0 saturated carbocycles. The van der Waals surface area contributed by atoms with Gasteiger partial charge in [-0.15, -0.1) is 0 Å². The van der Waals surface area contributed by atoms with E-state index in [-0.39, 0.29) is 6.04 Å². The summed E-state index contributed by atoms with van der Waals surface area (Å²) in [6.45, 7) is 1.66. The molecule has 0 amide bonds. The molecule has 0 aliphatic rings. The molecule has 0 aliphatic heterocycles. The van der Waals surface area contributed by atoms with Crippen LogP contribution in [0, 0.1) is 0 Å². The van der Waals surface area contributed by atoms with Crippen LogP contribution in [-0.4, -0.2) is 18.0 Å². The zero-order valence-electron chi connectivity index (χ0n) is 16.5. The summed E-state index contributed by atoms with van der Waals surface area (Å²) in [6.07, 6.45) is 0.853. The molecular formula is C24H25N3OS. The minimum Gasteiger partial charge on any atom is -0.497 e. The smallest absolute Gasteiger partial charge is 0.118 e. The molecule has 5 heteroatoms. The van der Waals surface area contributed by atoms with Crippen molar-refractivity contribution in [3.05, 3.63) is 84.1 Å². The van der Waals surface area contributed by atoms with Crippen molar-refractivity contribution in [3.63, 3.8) is 0 Å². The SMILES string of the molecule is COc1ccc(-c2cccc(CNCCC(N)c3nsc4ccccc34)c2)cc1. The molecule has 4 nitrogen and oxygen atoms in total. The number of ether oxygens (including phenoxy) is 1. The second-order valence-electron chi connectivity index (χ2n) is 7.06. The van der Waals surface area contributed by atoms with Crippen LogP contribution in [0.3, 0.4) is 0 Å². The van der Waals surface area contributed by atoms with E-state index < -0.39 is 0 Å². The van der Waals surface area contributed by atoms with Crippen LogP contribution >= 0.6 is 11.5 Å². The van der Waals surface area contributed by atoms with E-state index in [1.54, 1.807) is 7.11 Å². The average molecular weight is 404 g/mol. The molecule has 1 heterocycles. The van der Waals surface area contributed by atoms with E-state index in [4.69, 9.17) is 10.5 Å². The van der Waals surface area contributed by atoms with Gasteiger partial charge in [0.25, 0.3) is 0 Å². The maximum absolute atomic E-state index is 6.40. The molecule has 0 fully saturated rings. The van der Waals surface area contributed by atoms with Crippen molar-refractivity contribution in [1.82, 2.24) is 9.69 Å². The highest BCUT2D eigenvalue weighted by Gasteiger charge is 2.13. The van der Waals surface area contributed by atoms with Crippen molar-refractivity contribution in [2.45, 2.75) is 19.0 Å². The van der Waals surface area contributed by atoms with Gasteiger partial charge in [0.2, 0.25) is 0 Å². The third kappa shape index (κ3) is 4.65. The summed E-state index contributed by atoms with van der Waals surface area (Å²) < 4.78 is 11.0. The third-order valence-corrected chi connectivity index (χ3v) is 5.91. The molecule has 1 aromatic heterocycles. The van der Waals surface area contributed by atoms with Crippen molar-refractivity contribution in [3.8, 4) is 16.9 Å². The molecule has 0 spiro atoms. The lowest BCUT2D eigenvalue weighted by Crippen LogP contribution is -2.21. The van der Waals surface area contributed by atoms with Crippen LogP contribution in [-0.2, 0) is 6.54 Å². The van der Waals surface area contributed by atoms with Crippen LogP contribution in [0.5, 0.6) is 5.75 Å². The Hall–Kier alpha value is -2.73. The number of nitrogens with one attached hydrogen (secondary N) is 1. The van der Waals surface area contributed by atoms with E-state index >= 15 is 0 Å². The summed E-state index contributed by atoms with van der Waals surface area (Å²) >= 11 is 1.52. The van der Waals surface area contributed by atoms with Gasteiger partial charge >= 0.3 is 0 Å². The van der Waals surface area contributed by atoms with Crippen molar-refractivity contribution >= 4 is 21.6 Å². The summed E-state index contributed by atoms with van der Waals surface area (Å²) in [5.41, 5.74) is 11.1. The highest BCUT2D eigenvalue weighted by Crippen LogP contribution is 2.27. The first kappa shape index (κ1) is 19.6. The highest BCUT2D eigenvalue weighted by molar-refractivity contribution is 7.13. The third-order valence-electron chi connectivity index (χ3n) is 5.07. The first-order chi connectivity index (χ1) is 14.2. The second-order valence-corrected chi connectivity index (χ2v) is 7.87. The normalized spacial score (nSPS) is 12.2. The second kappa shape index (κ2) is 9.18. The number of hydrogen-bond acceptors (Lipinski definition) is 5. The van der Waals surface area contributed by atoms with Crippen molar-refractivity contribution in [2.24, 2.45) is 5.73 Å². The van der Waals surface area contributed by atoms with Crippen LogP contribution in [0.1, 0.15) is 23.7 Å². The first-order valence-corrected chi connectivity index (χ1v) is 10.6. The number of rotatable bonds is 8. The van der Waals surface area contributed by atoms with E-state index in [9.17, 15) is 0 Å². The molecule has 3 N–H and O–H groups in total. The number of methoxy groups -OCH3 is 1. The van der Waals surface area contributed by atoms with Gasteiger partial charge in [0, 0.05) is 18.0 Å². The lowest BCUT2D eigenvalue weighted by molar-refractivity contribution is 0.415. The van der Waals surface area contributed by atoms with Gasteiger partial charge in [-0.05, 0) is 65.5 Å². The monoisotopic (exact) mass is 403 g/mol. The van der Waals surface area contributed by atoms with Gasteiger partial charge in [-0.3, -0.25) is 0 Å². The zero-order chi connectivity index (χ0) is 20.1. The molecule has 4 aromatic rings. The molecule has 148 valence electrons. The quantitative estimate of drug-likeness (QED) is 0.399. The maximum Gasteiger partial charge on any atom is 0.118 e. The minimum atomic E-state index is -0.0516. The predicted octanol–water partition coefficient (Wildman–Crippen LogP) is 5.15. The Bertz CT molecular complexity index is 1070. The van der Waals surface area contributed by atoms with Gasteiger partial charge < -0.3 is 15.8 Å². The molecule has 1 atom stereocenters. The maximum atomic E-state index is 6.40. The van der Waals surface area contributed by atoms with Crippen LogP contribution in [0.25, 0.3) is 21.2 Å². The molecule has 0 radical (unpaired) electrons. The van der Waals surface area contributed by atoms with E-state index in [1.807, 2.05) is 24.3 Å². The van der Waals surface area contributed by atoms with Crippen molar-refractivity contribution in [1.29, 1.82) is 0 Å². The number of nitrogens with two attached hydrogens (primary N) is 1. The summed E-state index contributed by atoms with van der Waals surface area (Å²) in [5.74, 6) is 0.871. The molecule has 0 saturated heterocycles. The number of nitrogens with zero attached hydrogens (tertiary/aromatic N) is 1. The Balaban J connectivity index is 1.32. The van der Waals surface area contributed by atoms with Crippen LogP contribution in [0.4, 0.5) is 0 Å². The summed E-state index contributed by atoms with van der Waals surface area (Å²) in [4.78, 5) is 0. The Kier molecular flexibility index (Phi) is 6.20. The van der Waals surface area contributed by atoms with Gasteiger partial charge in [0.05, 0.1) is 17.5 Å². The highest BCUT2D eigenvalue weighted by atomic mass is 32.1.